The van der Waals surface area contributed by atoms with Crippen molar-refractivity contribution in [2.45, 2.75) is 20.2 Å². The predicted octanol–water partition coefficient (Wildman–Crippen LogP) is 4.93. The summed E-state index contributed by atoms with van der Waals surface area (Å²) < 4.78 is 62.4. The van der Waals surface area contributed by atoms with Crippen LogP contribution in [0.15, 0.2) is 48.9 Å². The molecule has 0 spiro atoms. The number of aryl methyl sites for hydroxylation is 1. The Balaban J connectivity index is 1.38. The zero-order chi connectivity index (χ0) is 24.4. The number of hydrogen-bond donors (Lipinski definition) is 1. The molecule has 0 unspecified atom stereocenters. The molecule has 4 rings (SSSR count). The highest BCUT2D eigenvalue weighted by molar-refractivity contribution is 6.30. The average Bonchev–Trinajstić information content (AvgIpc) is 3.44. The van der Waals surface area contributed by atoms with Crippen LogP contribution >= 0.6 is 11.6 Å². The molecule has 176 valence electrons. The first kappa shape index (κ1) is 23.3. The van der Waals surface area contributed by atoms with Gasteiger partial charge in [0.2, 0.25) is 0 Å². The second kappa shape index (κ2) is 9.56. The van der Waals surface area contributed by atoms with E-state index in [0.717, 1.165) is 10.2 Å². The van der Waals surface area contributed by atoms with E-state index in [0.29, 0.717) is 10.8 Å². The lowest BCUT2D eigenvalue weighted by Crippen LogP contribution is -2.14. The monoisotopic (exact) mass is 493 g/mol. The maximum Gasteiger partial charge on any atom is 0.276 e. The molecule has 7 nitrogen and oxygen atoms in total. The quantitative estimate of drug-likeness (QED) is 0.225. The van der Waals surface area contributed by atoms with Gasteiger partial charge in [0.1, 0.15) is 11.6 Å². The third-order valence-electron chi connectivity index (χ3n) is 4.78. The fourth-order valence-corrected chi connectivity index (χ4v) is 3.31. The van der Waals surface area contributed by atoms with Crippen molar-refractivity contribution in [3.8, 4) is 5.75 Å². The smallest absolute Gasteiger partial charge is 0.276 e. The lowest BCUT2D eigenvalue weighted by atomic mass is 10.2. The number of rotatable bonds is 7. The third kappa shape index (κ3) is 5.04. The molecule has 0 aliphatic carbocycles. The summed E-state index contributed by atoms with van der Waals surface area (Å²) in [5.74, 6) is -6.24. The van der Waals surface area contributed by atoms with Gasteiger partial charge in [0.05, 0.1) is 18.4 Å². The molecular weight excluding hydrogens is 478 g/mol. The molecule has 2 heterocycles. The van der Waals surface area contributed by atoms with Crippen LogP contribution in [0.3, 0.4) is 0 Å². The molecule has 0 aliphatic heterocycles. The van der Waals surface area contributed by atoms with Gasteiger partial charge in [-0.15, -0.1) is 0 Å². The molecule has 0 saturated carbocycles. The number of anilines is 1. The van der Waals surface area contributed by atoms with Gasteiger partial charge in [-0.25, -0.2) is 22.2 Å². The van der Waals surface area contributed by atoms with E-state index in [2.05, 4.69) is 15.5 Å². The van der Waals surface area contributed by atoms with Crippen molar-refractivity contribution in [3.05, 3.63) is 94.0 Å². The zero-order valence-corrected chi connectivity index (χ0v) is 18.3. The summed E-state index contributed by atoms with van der Waals surface area (Å²) in [5.41, 5.74) is 0.435. The maximum atomic E-state index is 13.9. The van der Waals surface area contributed by atoms with E-state index in [9.17, 15) is 22.4 Å². The summed E-state index contributed by atoms with van der Waals surface area (Å²) in [4.78, 5) is 12.5. The number of ether oxygens (including phenoxy) is 1. The van der Waals surface area contributed by atoms with Crippen LogP contribution < -0.4 is 10.1 Å². The molecule has 12 heteroatoms. The van der Waals surface area contributed by atoms with Crippen LogP contribution in [-0.2, 0) is 13.3 Å². The second-order valence-electron chi connectivity index (χ2n) is 7.25. The van der Waals surface area contributed by atoms with Gasteiger partial charge < -0.3 is 10.1 Å². The molecule has 0 saturated heterocycles. The first-order chi connectivity index (χ1) is 16.2. The Hall–Kier alpha value is -3.86. The Morgan fingerprint density at radius 3 is 2.65 bits per heavy atom. The van der Waals surface area contributed by atoms with E-state index < -0.39 is 41.3 Å². The number of aromatic nitrogens is 4. The highest BCUT2D eigenvalue weighted by Crippen LogP contribution is 2.22. The fraction of sp³-hybridized carbons (Fsp3) is 0.136. The van der Waals surface area contributed by atoms with Gasteiger partial charge in [0.15, 0.2) is 29.9 Å². The van der Waals surface area contributed by atoms with Gasteiger partial charge in [-0.2, -0.15) is 10.2 Å². The van der Waals surface area contributed by atoms with E-state index in [1.54, 1.807) is 24.4 Å². The lowest BCUT2D eigenvalue weighted by Gasteiger charge is -2.09. The number of amides is 1. The Morgan fingerprint density at radius 2 is 1.88 bits per heavy atom. The molecule has 0 bridgehead atoms. The Labute approximate surface area is 195 Å². The summed E-state index contributed by atoms with van der Waals surface area (Å²) in [5, 5.41) is 11.1. The van der Waals surface area contributed by atoms with Gasteiger partial charge in [-0.1, -0.05) is 11.6 Å². The number of carbonyl (C=O) groups is 1. The molecule has 0 fully saturated rings. The average molecular weight is 494 g/mol. The predicted molar refractivity (Wildman–Crippen MR) is 115 cm³/mol. The number of nitrogens with zero attached hydrogens (tertiary/aromatic N) is 4. The first-order valence-corrected chi connectivity index (χ1v) is 10.2. The van der Waals surface area contributed by atoms with Crippen molar-refractivity contribution in [2.24, 2.45) is 0 Å². The van der Waals surface area contributed by atoms with E-state index in [4.69, 9.17) is 16.3 Å². The van der Waals surface area contributed by atoms with Gasteiger partial charge in [-0.3, -0.25) is 9.48 Å². The minimum atomic E-state index is -1.78. The van der Waals surface area contributed by atoms with Gasteiger partial charge in [-0.05, 0) is 36.8 Å². The molecule has 4 aromatic rings. The topological polar surface area (TPSA) is 74.0 Å². The van der Waals surface area contributed by atoms with E-state index in [1.807, 2.05) is 6.92 Å². The number of halogens is 5. The first-order valence-electron chi connectivity index (χ1n) is 9.79. The lowest BCUT2D eigenvalue weighted by molar-refractivity contribution is 0.102. The Morgan fingerprint density at radius 1 is 1.09 bits per heavy atom. The SMILES string of the molecule is Cc1cc(Cl)ccc1OCn1ccc(C(=O)Nc2cnn(Cc3c(F)cc(F)c(F)c3F)c2)n1. The van der Waals surface area contributed by atoms with Crippen molar-refractivity contribution < 1.29 is 27.1 Å². The van der Waals surface area contributed by atoms with Crippen LogP contribution in [0, 0.1) is 30.2 Å². The molecule has 2 aromatic carbocycles. The largest absolute Gasteiger partial charge is 0.471 e. The zero-order valence-electron chi connectivity index (χ0n) is 17.5. The molecule has 0 aliphatic rings. The molecule has 2 aromatic heterocycles. The summed E-state index contributed by atoms with van der Waals surface area (Å²) in [7, 11) is 0. The fourth-order valence-electron chi connectivity index (χ4n) is 3.09. The van der Waals surface area contributed by atoms with E-state index in [1.165, 1.54) is 23.1 Å². The molecule has 1 N–H and O–H groups in total. The van der Waals surface area contributed by atoms with Gasteiger partial charge in [0, 0.05) is 29.0 Å². The minimum absolute atomic E-state index is 0.0546. The molecule has 0 radical (unpaired) electrons. The maximum absolute atomic E-state index is 13.9. The second-order valence-corrected chi connectivity index (χ2v) is 7.69. The van der Waals surface area contributed by atoms with Gasteiger partial charge >= 0.3 is 0 Å². The number of hydrogen-bond acceptors (Lipinski definition) is 4. The van der Waals surface area contributed by atoms with Crippen molar-refractivity contribution >= 4 is 23.2 Å². The number of carbonyl (C=O) groups excluding carboxylic acids is 1. The van der Waals surface area contributed by atoms with Crippen LogP contribution in [0.2, 0.25) is 5.02 Å². The van der Waals surface area contributed by atoms with Crippen molar-refractivity contribution in [3.63, 3.8) is 0 Å². The van der Waals surface area contributed by atoms with Crippen LogP contribution in [-0.4, -0.2) is 25.5 Å². The summed E-state index contributed by atoms with van der Waals surface area (Å²) in [6.07, 6.45) is 4.07. The minimum Gasteiger partial charge on any atom is -0.471 e. The third-order valence-corrected chi connectivity index (χ3v) is 5.02. The summed E-state index contributed by atoms with van der Waals surface area (Å²) in [6.45, 7) is 1.39. The number of benzene rings is 2. The van der Waals surface area contributed by atoms with Crippen LogP contribution in [0.4, 0.5) is 23.2 Å². The van der Waals surface area contributed by atoms with Gasteiger partial charge in [0.25, 0.3) is 5.91 Å². The normalized spacial score (nSPS) is 11.0. The summed E-state index contributed by atoms with van der Waals surface area (Å²) >= 11 is 5.92. The van der Waals surface area contributed by atoms with Crippen molar-refractivity contribution in [2.75, 3.05) is 5.32 Å². The van der Waals surface area contributed by atoms with Crippen LogP contribution in [0.25, 0.3) is 0 Å². The Kier molecular flexibility index (Phi) is 6.55. The summed E-state index contributed by atoms with van der Waals surface area (Å²) in [6, 6.07) is 6.92. The molecular formula is C22H16ClF4N5O2. The standard InChI is InChI=1S/C22H16ClF4N5O2/c1-12-6-13(23)2-3-19(12)34-11-31-5-4-18(30-31)22(33)29-14-8-28-32(9-14)10-15-16(24)7-17(25)21(27)20(15)26/h2-9H,10-11H2,1H3,(H,29,33). The molecule has 34 heavy (non-hydrogen) atoms. The van der Waals surface area contributed by atoms with Crippen molar-refractivity contribution in [1.29, 1.82) is 0 Å². The Bertz CT molecular complexity index is 1370. The highest BCUT2D eigenvalue weighted by atomic mass is 35.5. The van der Waals surface area contributed by atoms with Crippen LogP contribution in [0.1, 0.15) is 21.6 Å². The van der Waals surface area contributed by atoms with Crippen molar-refractivity contribution in [1.82, 2.24) is 19.6 Å². The molecule has 0 atom stereocenters. The van der Waals surface area contributed by atoms with Crippen LogP contribution in [0.5, 0.6) is 5.75 Å². The van der Waals surface area contributed by atoms with E-state index >= 15 is 0 Å². The highest BCUT2D eigenvalue weighted by Gasteiger charge is 2.20. The number of nitrogens with one attached hydrogen (secondary N) is 1. The van der Waals surface area contributed by atoms with E-state index in [-0.39, 0.29) is 24.2 Å². The molecule has 1 amide bonds.